The van der Waals surface area contributed by atoms with Crippen molar-refractivity contribution in [3.8, 4) is 0 Å². The molecule has 0 aliphatic carbocycles. The molecule has 4 heteroatoms. The molecule has 18 heavy (non-hydrogen) atoms. The van der Waals surface area contributed by atoms with Gasteiger partial charge >= 0.3 is 0 Å². The highest BCUT2D eigenvalue weighted by atomic mass is 79.9. The van der Waals surface area contributed by atoms with E-state index in [0.717, 1.165) is 15.2 Å². The number of rotatable bonds is 0. The summed E-state index contributed by atoms with van der Waals surface area (Å²) in [5.74, 6) is 0. The average molecular weight is 302 g/mol. The normalized spacial score (nSPS) is 10.9. The van der Waals surface area contributed by atoms with Gasteiger partial charge in [0.1, 0.15) is 0 Å². The van der Waals surface area contributed by atoms with E-state index in [1.807, 2.05) is 24.3 Å². The van der Waals surface area contributed by atoms with Gasteiger partial charge in [-0.05, 0) is 23.6 Å². The molecule has 0 saturated carbocycles. The van der Waals surface area contributed by atoms with Crippen molar-refractivity contribution in [1.29, 1.82) is 0 Å². The first-order chi connectivity index (χ1) is 8.65. The predicted octanol–water partition coefficient (Wildman–Crippen LogP) is 2.80. The van der Waals surface area contributed by atoms with Crippen LogP contribution in [-0.2, 0) is 0 Å². The van der Waals surface area contributed by atoms with Crippen LogP contribution in [0.15, 0.2) is 56.5 Å². The van der Waals surface area contributed by atoms with Gasteiger partial charge in [-0.25, -0.2) is 0 Å². The quantitative estimate of drug-likeness (QED) is 0.694. The summed E-state index contributed by atoms with van der Waals surface area (Å²) in [6.45, 7) is 0. The Morgan fingerprint density at radius 3 is 2.39 bits per heavy atom. The summed E-state index contributed by atoms with van der Waals surface area (Å²) in [5.41, 5.74) is -0.0893. The van der Waals surface area contributed by atoms with Crippen molar-refractivity contribution in [2.24, 2.45) is 0 Å². The molecule has 0 spiro atoms. The molecule has 2 aromatic carbocycles. The Balaban J connectivity index is 2.67. The highest BCUT2D eigenvalue weighted by Crippen LogP contribution is 2.18. The molecular weight excluding hydrogens is 294 g/mol. The number of hydrogen-bond donors (Lipinski definition) is 1. The van der Waals surface area contributed by atoms with Crippen LogP contribution in [0.3, 0.4) is 0 Å². The van der Waals surface area contributed by atoms with E-state index < -0.39 is 0 Å². The number of nitrogens with one attached hydrogen (secondary N) is 1. The van der Waals surface area contributed by atoms with Crippen LogP contribution in [0.4, 0.5) is 0 Å². The molecule has 0 amide bonds. The first kappa shape index (κ1) is 11.2. The van der Waals surface area contributed by atoms with Crippen molar-refractivity contribution in [2.75, 3.05) is 0 Å². The van der Waals surface area contributed by atoms with Crippen LogP contribution in [-0.4, -0.2) is 4.98 Å². The van der Waals surface area contributed by atoms with Crippen molar-refractivity contribution in [2.45, 2.75) is 0 Å². The predicted molar refractivity (Wildman–Crippen MR) is 76.0 cm³/mol. The maximum atomic E-state index is 12.4. The molecule has 0 atom stereocenters. The van der Waals surface area contributed by atoms with E-state index in [1.165, 1.54) is 6.07 Å². The molecule has 1 N–H and O–H groups in total. The van der Waals surface area contributed by atoms with Crippen LogP contribution in [0.5, 0.6) is 0 Å². The minimum absolute atomic E-state index is 0.163. The van der Waals surface area contributed by atoms with Gasteiger partial charge in [0.2, 0.25) is 11.0 Å². The van der Waals surface area contributed by atoms with E-state index >= 15 is 0 Å². The fourth-order valence-corrected chi connectivity index (χ4v) is 2.36. The summed E-state index contributed by atoms with van der Waals surface area (Å²) in [5, 5.41) is 2.16. The first-order valence-corrected chi connectivity index (χ1v) is 6.20. The van der Waals surface area contributed by atoms with Crippen molar-refractivity contribution in [3.05, 3.63) is 67.5 Å². The number of aromatic amines is 1. The number of fused-ring (bicyclic) bond motifs is 2. The zero-order chi connectivity index (χ0) is 12.7. The van der Waals surface area contributed by atoms with Gasteiger partial charge in [0.15, 0.2) is 0 Å². The van der Waals surface area contributed by atoms with E-state index in [0.29, 0.717) is 10.9 Å². The largest absolute Gasteiger partial charge is 0.319 e. The summed E-state index contributed by atoms with van der Waals surface area (Å²) in [6.07, 6.45) is 0. The summed E-state index contributed by atoms with van der Waals surface area (Å²) < 4.78 is 0.838. The monoisotopic (exact) mass is 301 g/mol. The molecule has 0 bridgehead atoms. The third kappa shape index (κ3) is 1.75. The van der Waals surface area contributed by atoms with Gasteiger partial charge in [0.05, 0.1) is 5.52 Å². The van der Waals surface area contributed by atoms with Gasteiger partial charge in [-0.3, -0.25) is 9.59 Å². The Morgan fingerprint density at radius 1 is 0.889 bits per heavy atom. The number of hydrogen-bond acceptors (Lipinski definition) is 2. The van der Waals surface area contributed by atoms with E-state index in [2.05, 4.69) is 20.9 Å². The molecule has 1 aromatic heterocycles. The van der Waals surface area contributed by atoms with Crippen LogP contribution in [0.25, 0.3) is 21.7 Å². The van der Waals surface area contributed by atoms with Crippen LogP contribution >= 0.6 is 15.9 Å². The van der Waals surface area contributed by atoms with Crippen molar-refractivity contribution in [3.63, 3.8) is 0 Å². The fraction of sp³-hybridized carbons (Fsp3) is 0. The summed E-state index contributed by atoms with van der Waals surface area (Å²) in [7, 11) is 0. The molecule has 3 aromatic rings. The third-order valence-electron chi connectivity index (χ3n) is 2.88. The zero-order valence-electron chi connectivity index (χ0n) is 9.24. The highest BCUT2D eigenvalue weighted by Gasteiger charge is 2.03. The van der Waals surface area contributed by atoms with Crippen LogP contribution < -0.4 is 11.0 Å². The number of benzene rings is 1. The standard InChI is InChI=1S/C14H8BrNO2/c15-10-5-3-8-1-2-9-4-6-12(17)16-13(9)14(18)11(8)7-10/h1-7H,(H,16,17). The minimum atomic E-state index is -0.269. The van der Waals surface area contributed by atoms with Gasteiger partial charge in [-0.15, -0.1) is 0 Å². The molecule has 0 fully saturated rings. The molecule has 0 unspecified atom stereocenters. The van der Waals surface area contributed by atoms with Gasteiger partial charge in [0.25, 0.3) is 0 Å². The molecule has 0 saturated heterocycles. The number of halogens is 1. The Hall–Kier alpha value is -1.94. The maximum absolute atomic E-state index is 12.4. The van der Waals surface area contributed by atoms with Gasteiger partial charge in [-0.1, -0.05) is 34.1 Å². The van der Waals surface area contributed by atoms with Gasteiger partial charge in [0, 0.05) is 21.3 Å². The lowest BCUT2D eigenvalue weighted by molar-refractivity contribution is 1.30. The Bertz CT molecular complexity index is 884. The van der Waals surface area contributed by atoms with E-state index in [4.69, 9.17) is 0 Å². The molecular formula is C14H8BrNO2. The van der Waals surface area contributed by atoms with E-state index in [-0.39, 0.29) is 11.0 Å². The molecule has 0 aliphatic rings. The topological polar surface area (TPSA) is 49.9 Å². The Labute approximate surface area is 110 Å². The van der Waals surface area contributed by atoms with Crippen molar-refractivity contribution >= 4 is 37.6 Å². The van der Waals surface area contributed by atoms with Crippen LogP contribution in [0.2, 0.25) is 0 Å². The number of aromatic nitrogens is 1. The summed E-state index contributed by atoms with van der Waals surface area (Å²) in [6, 6.07) is 12.3. The lowest BCUT2D eigenvalue weighted by atomic mass is 10.2. The van der Waals surface area contributed by atoms with Crippen molar-refractivity contribution in [1.82, 2.24) is 4.98 Å². The summed E-state index contributed by atoms with van der Waals surface area (Å²) >= 11 is 3.35. The number of H-pyrrole nitrogens is 1. The highest BCUT2D eigenvalue weighted by molar-refractivity contribution is 9.10. The minimum Gasteiger partial charge on any atom is -0.319 e. The van der Waals surface area contributed by atoms with Crippen LogP contribution in [0.1, 0.15) is 0 Å². The Morgan fingerprint density at radius 2 is 1.56 bits per heavy atom. The molecule has 88 valence electrons. The lowest BCUT2D eigenvalue weighted by Gasteiger charge is -1.93. The number of pyridine rings is 1. The smallest absolute Gasteiger partial charge is 0.248 e. The van der Waals surface area contributed by atoms with Crippen LogP contribution in [0, 0.1) is 0 Å². The third-order valence-corrected chi connectivity index (χ3v) is 3.37. The second-order valence-electron chi connectivity index (χ2n) is 4.05. The van der Waals surface area contributed by atoms with E-state index in [9.17, 15) is 9.59 Å². The van der Waals surface area contributed by atoms with E-state index in [1.54, 1.807) is 12.1 Å². The average Bonchev–Trinajstić information content (AvgIpc) is 2.49. The Kier molecular flexibility index (Phi) is 2.52. The maximum Gasteiger partial charge on any atom is 0.248 e. The SMILES string of the molecule is O=c1ccc2ccc3ccc(Br)cc3c(=O)c2[nH]1. The second kappa shape index (κ2) is 4.07. The van der Waals surface area contributed by atoms with Gasteiger partial charge in [-0.2, -0.15) is 0 Å². The fourth-order valence-electron chi connectivity index (χ4n) is 2.00. The molecule has 0 aliphatic heterocycles. The van der Waals surface area contributed by atoms with Gasteiger partial charge < -0.3 is 4.98 Å². The molecule has 1 heterocycles. The first-order valence-electron chi connectivity index (χ1n) is 5.41. The lowest BCUT2D eigenvalue weighted by Crippen LogP contribution is -2.09. The molecule has 0 radical (unpaired) electrons. The second-order valence-corrected chi connectivity index (χ2v) is 4.96. The van der Waals surface area contributed by atoms with Crippen molar-refractivity contribution < 1.29 is 0 Å². The molecule has 3 rings (SSSR count). The summed E-state index contributed by atoms with van der Waals surface area (Å²) in [4.78, 5) is 26.3. The molecule has 3 nitrogen and oxygen atoms in total. The zero-order valence-corrected chi connectivity index (χ0v) is 10.8.